The minimum Gasteiger partial charge on any atom is -0.320 e. The summed E-state index contributed by atoms with van der Waals surface area (Å²) < 4.78 is 14.0. The van der Waals surface area contributed by atoms with Gasteiger partial charge in [0, 0.05) is 10.6 Å². The third kappa shape index (κ3) is 2.58. The van der Waals surface area contributed by atoms with E-state index < -0.39 is 6.04 Å². The predicted octanol–water partition coefficient (Wildman–Crippen LogP) is 4.41. The molecule has 2 N–H and O–H groups in total. The molecule has 0 spiro atoms. The van der Waals surface area contributed by atoms with Gasteiger partial charge in [-0.05, 0) is 54.5 Å². The largest absolute Gasteiger partial charge is 0.320 e. The summed E-state index contributed by atoms with van der Waals surface area (Å²) in [6.07, 6.45) is 4.71. The Morgan fingerprint density at radius 1 is 1.00 bits per heavy atom. The zero-order valence-electron chi connectivity index (χ0n) is 11.2. The Kier molecular flexibility index (Phi) is 3.77. The minimum atomic E-state index is -0.445. The van der Waals surface area contributed by atoms with Crippen molar-refractivity contribution in [2.24, 2.45) is 5.73 Å². The van der Waals surface area contributed by atoms with Crippen molar-refractivity contribution in [1.29, 1.82) is 0 Å². The molecule has 1 atom stereocenters. The highest BCUT2D eigenvalue weighted by atomic mass is 35.5. The summed E-state index contributed by atoms with van der Waals surface area (Å²) in [5.41, 5.74) is 10.4. The number of hydrogen-bond acceptors (Lipinski definition) is 1. The van der Waals surface area contributed by atoms with E-state index in [2.05, 4.69) is 12.1 Å². The van der Waals surface area contributed by atoms with Gasteiger partial charge in [-0.2, -0.15) is 0 Å². The number of benzene rings is 2. The third-order valence-corrected chi connectivity index (χ3v) is 4.26. The van der Waals surface area contributed by atoms with Gasteiger partial charge in [-0.25, -0.2) is 4.39 Å². The second-order valence-corrected chi connectivity index (χ2v) is 5.82. The average Bonchev–Trinajstić information content (AvgIpc) is 2.46. The third-order valence-electron chi connectivity index (χ3n) is 4.03. The molecule has 1 nitrogen and oxygen atoms in total. The molecule has 0 aromatic heterocycles. The van der Waals surface area contributed by atoms with Crippen LogP contribution in [0, 0.1) is 5.82 Å². The number of hydrogen-bond donors (Lipinski definition) is 1. The fourth-order valence-electron chi connectivity index (χ4n) is 2.88. The maximum atomic E-state index is 14.0. The fourth-order valence-corrected chi connectivity index (χ4v) is 3.04. The van der Waals surface area contributed by atoms with E-state index in [0.29, 0.717) is 10.6 Å². The van der Waals surface area contributed by atoms with Gasteiger partial charge in [0.1, 0.15) is 5.82 Å². The van der Waals surface area contributed by atoms with Crippen molar-refractivity contribution in [2.45, 2.75) is 31.7 Å². The molecule has 3 rings (SSSR count). The van der Waals surface area contributed by atoms with Gasteiger partial charge in [0.25, 0.3) is 0 Å². The van der Waals surface area contributed by atoms with Gasteiger partial charge in [0.15, 0.2) is 0 Å². The van der Waals surface area contributed by atoms with E-state index in [1.165, 1.54) is 30.0 Å². The lowest BCUT2D eigenvalue weighted by molar-refractivity contribution is 0.599. The van der Waals surface area contributed by atoms with E-state index >= 15 is 0 Å². The summed E-state index contributed by atoms with van der Waals surface area (Å²) in [6, 6.07) is 10.5. The zero-order valence-corrected chi connectivity index (χ0v) is 12.0. The molecule has 1 unspecified atom stereocenters. The number of fused-ring (bicyclic) bond motifs is 1. The minimum absolute atomic E-state index is 0.345. The predicted molar refractivity (Wildman–Crippen MR) is 80.5 cm³/mol. The van der Waals surface area contributed by atoms with E-state index in [-0.39, 0.29) is 5.82 Å². The van der Waals surface area contributed by atoms with E-state index in [1.807, 2.05) is 6.07 Å². The van der Waals surface area contributed by atoms with E-state index in [0.717, 1.165) is 18.4 Å². The smallest absolute Gasteiger partial charge is 0.129 e. The normalized spacial score (nSPS) is 15.8. The molecular weight excluding hydrogens is 273 g/mol. The van der Waals surface area contributed by atoms with Gasteiger partial charge >= 0.3 is 0 Å². The van der Waals surface area contributed by atoms with E-state index in [9.17, 15) is 4.39 Å². The molecule has 1 aliphatic carbocycles. The summed E-state index contributed by atoms with van der Waals surface area (Å²) in [5.74, 6) is -0.345. The van der Waals surface area contributed by atoms with Crippen LogP contribution in [0.4, 0.5) is 4.39 Å². The van der Waals surface area contributed by atoms with Gasteiger partial charge in [-0.1, -0.05) is 35.9 Å². The molecule has 0 radical (unpaired) electrons. The Hall–Kier alpha value is -1.38. The van der Waals surface area contributed by atoms with Crippen LogP contribution in [-0.4, -0.2) is 0 Å². The number of halogens is 2. The molecule has 2 aromatic rings. The van der Waals surface area contributed by atoms with Gasteiger partial charge < -0.3 is 5.73 Å². The maximum absolute atomic E-state index is 14.0. The van der Waals surface area contributed by atoms with Crippen LogP contribution in [0.2, 0.25) is 5.02 Å². The Bertz CT molecular complexity index is 639. The molecule has 104 valence electrons. The van der Waals surface area contributed by atoms with Gasteiger partial charge in [-0.3, -0.25) is 0 Å². The van der Waals surface area contributed by atoms with Crippen LogP contribution in [0.15, 0.2) is 36.4 Å². The summed E-state index contributed by atoms with van der Waals surface area (Å²) in [6.45, 7) is 0. The van der Waals surface area contributed by atoms with Crippen LogP contribution in [0.3, 0.4) is 0 Å². The number of rotatable bonds is 2. The number of aryl methyl sites for hydroxylation is 2. The van der Waals surface area contributed by atoms with Gasteiger partial charge in [-0.15, -0.1) is 0 Å². The first-order valence-corrected chi connectivity index (χ1v) is 7.35. The first kappa shape index (κ1) is 13.6. The first-order valence-electron chi connectivity index (χ1n) is 6.97. The molecule has 1 aliphatic rings. The van der Waals surface area contributed by atoms with Crippen LogP contribution in [0.25, 0.3) is 0 Å². The number of nitrogens with two attached hydrogens (primary N) is 1. The van der Waals surface area contributed by atoms with Crippen LogP contribution in [0.1, 0.15) is 41.1 Å². The van der Waals surface area contributed by atoms with Crippen molar-refractivity contribution in [3.05, 3.63) is 69.5 Å². The maximum Gasteiger partial charge on any atom is 0.129 e. The Morgan fingerprint density at radius 3 is 2.50 bits per heavy atom. The standard InChI is InChI=1S/C17H17ClFN/c18-14-7-8-15(16(19)10-14)17(20)13-6-5-11-3-1-2-4-12(11)9-13/h5-10,17H,1-4,20H2. The second kappa shape index (κ2) is 5.55. The Balaban J connectivity index is 1.95. The van der Waals surface area contributed by atoms with E-state index in [1.54, 1.807) is 12.1 Å². The lowest BCUT2D eigenvalue weighted by Crippen LogP contribution is -2.15. The second-order valence-electron chi connectivity index (χ2n) is 5.38. The highest BCUT2D eigenvalue weighted by Gasteiger charge is 2.16. The molecule has 0 amide bonds. The molecular formula is C17H17ClFN. The van der Waals surface area contributed by atoms with Crippen molar-refractivity contribution in [3.63, 3.8) is 0 Å². The van der Waals surface area contributed by atoms with Crippen molar-refractivity contribution < 1.29 is 4.39 Å². The highest BCUT2D eigenvalue weighted by Crippen LogP contribution is 2.28. The monoisotopic (exact) mass is 289 g/mol. The molecule has 2 aromatic carbocycles. The molecule has 20 heavy (non-hydrogen) atoms. The van der Waals surface area contributed by atoms with Crippen LogP contribution in [0.5, 0.6) is 0 Å². The first-order chi connectivity index (χ1) is 9.65. The molecule has 0 bridgehead atoms. The van der Waals surface area contributed by atoms with Crippen LogP contribution >= 0.6 is 11.6 Å². The lowest BCUT2D eigenvalue weighted by atomic mass is 9.88. The molecule has 0 fully saturated rings. The highest BCUT2D eigenvalue weighted by molar-refractivity contribution is 6.30. The average molecular weight is 290 g/mol. The van der Waals surface area contributed by atoms with Crippen molar-refractivity contribution in [2.75, 3.05) is 0 Å². The topological polar surface area (TPSA) is 26.0 Å². The van der Waals surface area contributed by atoms with E-state index in [4.69, 9.17) is 17.3 Å². The van der Waals surface area contributed by atoms with Crippen molar-refractivity contribution in [3.8, 4) is 0 Å². The zero-order chi connectivity index (χ0) is 14.1. The van der Waals surface area contributed by atoms with Gasteiger partial charge in [0.2, 0.25) is 0 Å². The molecule has 0 saturated heterocycles. The summed E-state index contributed by atoms with van der Waals surface area (Å²) >= 11 is 5.78. The summed E-state index contributed by atoms with van der Waals surface area (Å²) in [5, 5.41) is 0.392. The Labute approximate surface area is 123 Å². The summed E-state index contributed by atoms with van der Waals surface area (Å²) in [7, 11) is 0. The molecule has 0 heterocycles. The van der Waals surface area contributed by atoms with Crippen molar-refractivity contribution in [1.82, 2.24) is 0 Å². The summed E-state index contributed by atoms with van der Waals surface area (Å²) in [4.78, 5) is 0. The Morgan fingerprint density at radius 2 is 1.75 bits per heavy atom. The van der Waals surface area contributed by atoms with Crippen LogP contribution in [-0.2, 0) is 12.8 Å². The fraction of sp³-hybridized carbons (Fsp3) is 0.294. The molecule has 3 heteroatoms. The SMILES string of the molecule is NC(c1ccc2c(c1)CCCC2)c1ccc(Cl)cc1F. The molecule has 0 saturated carbocycles. The van der Waals surface area contributed by atoms with Crippen molar-refractivity contribution >= 4 is 11.6 Å². The van der Waals surface area contributed by atoms with Gasteiger partial charge in [0.05, 0.1) is 6.04 Å². The van der Waals surface area contributed by atoms with Crippen LogP contribution < -0.4 is 5.73 Å². The lowest BCUT2D eigenvalue weighted by Gasteiger charge is -2.19. The molecule has 0 aliphatic heterocycles. The quantitative estimate of drug-likeness (QED) is 0.871.